The van der Waals surface area contributed by atoms with E-state index in [0.29, 0.717) is 6.42 Å². The van der Waals surface area contributed by atoms with Crippen LogP contribution >= 0.6 is 0 Å². The van der Waals surface area contributed by atoms with E-state index in [-0.39, 0.29) is 24.6 Å². The molecule has 0 saturated carbocycles. The van der Waals surface area contributed by atoms with Gasteiger partial charge in [-0.3, -0.25) is 4.55 Å². The van der Waals surface area contributed by atoms with Crippen molar-refractivity contribution in [3.8, 4) is 0 Å². The van der Waals surface area contributed by atoms with Crippen LogP contribution in [0.15, 0.2) is 0 Å². The number of hydrogen-bond acceptors (Lipinski definition) is 2. The Kier molecular flexibility index (Phi) is 12.6. The van der Waals surface area contributed by atoms with Gasteiger partial charge in [-0.2, -0.15) is 8.42 Å². The fourth-order valence-electron chi connectivity index (χ4n) is 1.54. The molecule has 0 aromatic heterocycles. The molecule has 0 aromatic carbocycles. The predicted octanol–water partition coefficient (Wildman–Crippen LogP) is 2.61. The zero-order valence-electron chi connectivity index (χ0n) is 9.91. The Balaban J connectivity index is 0. The molecule has 0 aliphatic rings. The zero-order chi connectivity index (χ0) is 11.7. The van der Waals surface area contributed by atoms with Crippen LogP contribution in [0.4, 0.5) is 0 Å². The summed E-state index contributed by atoms with van der Waals surface area (Å²) in [4.78, 5) is 0. The summed E-state index contributed by atoms with van der Waals surface area (Å²) in [5.74, 6) is 0.698. The molecule has 0 saturated heterocycles. The standard InChI is InChI=1S/C11H24O3S.Li.H/c1-11(2)9-7-5-3-4-6-8-10-15(12,13)14;;/h11H,3-10H2,1-2H3,(H,12,13,14);;. The number of rotatable bonds is 9. The fraction of sp³-hybridized carbons (Fsp3) is 1.00. The Bertz CT molecular complexity index is 238. The van der Waals surface area contributed by atoms with Gasteiger partial charge in [0.15, 0.2) is 0 Å². The molecule has 0 radical (unpaired) electrons. The molecule has 0 heterocycles. The molecule has 0 aromatic rings. The van der Waals surface area contributed by atoms with Crippen molar-refractivity contribution in [1.29, 1.82) is 0 Å². The van der Waals surface area contributed by atoms with Gasteiger partial charge in [0.05, 0.1) is 5.75 Å². The van der Waals surface area contributed by atoms with E-state index < -0.39 is 10.1 Å². The summed E-state index contributed by atoms with van der Waals surface area (Å²) in [6, 6.07) is 0. The van der Waals surface area contributed by atoms with Crippen molar-refractivity contribution in [3.05, 3.63) is 0 Å². The first-order valence-electron chi connectivity index (χ1n) is 5.87. The van der Waals surface area contributed by atoms with E-state index in [4.69, 9.17) is 4.55 Å². The molecule has 0 amide bonds. The molecule has 0 spiro atoms. The summed E-state index contributed by atoms with van der Waals surface area (Å²) in [5, 5.41) is 0. The molecule has 0 atom stereocenters. The molecule has 0 aliphatic carbocycles. The number of unbranched alkanes of at least 4 members (excludes halogenated alkanes) is 5. The van der Waals surface area contributed by atoms with E-state index in [1.807, 2.05) is 0 Å². The molecule has 16 heavy (non-hydrogen) atoms. The Morgan fingerprint density at radius 2 is 1.38 bits per heavy atom. The van der Waals surface area contributed by atoms with Crippen LogP contribution in [0.25, 0.3) is 0 Å². The Morgan fingerprint density at radius 1 is 0.938 bits per heavy atom. The summed E-state index contributed by atoms with van der Waals surface area (Å²) in [6.45, 7) is 4.46. The minimum absolute atomic E-state index is 0. The first kappa shape index (κ1) is 18.9. The molecule has 1 N–H and O–H groups in total. The first-order chi connectivity index (χ1) is 6.92. The monoisotopic (exact) mass is 244 g/mol. The second kappa shape index (κ2) is 10.6. The van der Waals surface area contributed by atoms with Gasteiger partial charge < -0.3 is 0 Å². The third-order valence-electron chi connectivity index (χ3n) is 2.43. The van der Waals surface area contributed by atoms with Gasteiger partial charge in [0.25, 0.3) is 10.1 Å². The van der Waals surface area contributed by atoms with Crippen LogP contribution in [0.2, 0.25) is 0 Å². The van der Waals surface area contributed by atoms with E-state index in [1.165, 1.54) is 25.7 Å². The van der Waals surface area contributed by atoms with E-state index >= 15 is 0 Å². The van der Waals surface area contributed by atoms with Gasteiger partial charge in [-0.1, -0.05) is 52.4 Å². The minimum atomic E-state index is -3.73. The van der Waals surface area contributed by atoms with Crippen molar-refractivity contribution in [3.63, 3.8) is 0 Å². The second-order valence-corrected chi connectivity index (χ2v) is 6.16. The normalized spacial score (nSPS) is 11.5. The molecule has 0 unspecified atom stereocenters. The van der Waals surface area contributed by atoms with Crippen molar-refractivity contribution >= 4 is 29.0 Å². The van der Waals surface area contributed by atoms with E-state index in [0.717, 1.165) is 18.8 Å². The molecule has 94 valence electrons. The predicted molar refractivity (Wildman–Crippen MR) is 70.7 cm³/mol. The van der Waals surface area contributed by atoms with Crippen LogP contribution in [0, 0.1) is 5.92 Å². The maximum atomic E-state index is 10.4. The first-order valence-corrected chi connectivity index (χ1v) is 7.48. The summed E-state index contributed by atoms with van der Waals surface area (Å²) < 4.78 is 29.3. The third kappa shape index (κ3) is 16.9. The molecular weight excluding hydrogens is 219 g/mol. The van der Waals surface area contributed by atoms with Gasteiger partial charge in [0.2, 0.25) is 0 Å². The van der Waals surface area contributed by atoms with Gasteiger partial charge in [-0.25, -0.2) is 0 Å². The van der Waals surface area contributed by atoms with Crippen LogP contribution < -0.4 is 0 Å². The SMILES string of the molecule is CC(C)CCCCCCCCS(=O)(=O)O.[LiH]. The summed E-state index contributed by atoms with van der Waals surface area (Å²) in [6.07, 6.45) is 7.54. The van der Waals surface area contributed by atoms with E-state index in [1.54, 1.807) is 0 Å². The van der Waals surface area contributed by atoms with Crippen molar-refractivity contribution in [2.45, 2.75) is 58.8 Å². The molecule has 0 fully saturated rings. The van der Waals surface area contributed by atoms with Crippen molar-refractivity contribution in [1.82, 2.24) is 0 Å². The third-order valence-corrected chi connectivity index (χ3v) is 3.24. The Labute approximate surface area is 112 Å². The topological polar surface area (TPSA) is 54.4 Å². The van der Waals surface area contributed by atoms with Crippen LogP contribution in [-0.4, -0.2) is 37.6 Å². The quantitative estimate of drug-likeness (QED) is 0.385. The van der Waals surface area contributed by atoms with Gasteiger partial charge in [-0.05, 0) is 12.3 Å². The van der Waals surface area contributed by atoms with E-state index in [9.17, 15) is 8.42 Å². The summed E-state index contributed by atoms with van der Waals surface area (Å²) in [5.41, 5.74) is 0. The van der Waals surface area contributed by atoms with Crippen LogP contribution in [-0.2, 0) is 10.1 Å². The number of hydrogen-bond donors (Lipinski definition) is 1. The van der Waals surface area contributed by atoms with Crippen LogP contribution in [0.3, 0.4) is 0 Å². The average molecular weight is 244 g/mol. The van der Waals surface area contributed by atoms with Crippen LogP contribution in [0.5, 0.6) is 0 Å². The maximum absolute atomic E-state index is 10.4. The molecular formula is C11H25LiO3S. The molecule has 0 aliphatic heterocycles. The Morgan fingerprint density at radius 3 is 1.81 bits per heavy atom. The van der Waals surface area contributed by atoms with Gasteiger partial charge in [0, 0.05) is 0 Å². The van der Waals surface area contributed by atoms with Crippen molar-refractivity contribution in [2.75, 3.05) is 5.75 Å². The van der Waals surface area contributed by atoms with Gasteiger partial charge in [0.1, 0.15) is 0 Å². The van der Waals surface area contributed by atoms with Crippen LogP contribution in [0.1, 0.15) is 58.8 Å². The van der Waals surface area contributed by atoms with Gasteiger partial charge >= 0.3 is 18.9 Å². The van der Waals surface area contributed by atoms with Gasteiger partial charge in [-0.15, -0.1) is 0 Å². The summed E-state index contributed by atoms with van der Waals surface area (Å²) in [7, 11) is -3.73. The van der Waals surface area contributed by atoms with Crippen molar-refractivity contribution in [2.24, 2.45) is 5.92 Å². The Hall–Kier alpha value is 0.507. The fourth-order valence-corrected chi connectivity index (χ4v) is 2.11. The second-order valence-electron chi connectivity index (χ2n) is 4.59. The zero-order valence-corrected chi connectivity index (χ0v) is 10.7. The molecule has 5 heteroatoms. The summed E-state index contributed by atoms with van der Waals surface area (Å²) >= 11 is 0. The van der Waals surface area contributed by atoms with Crippen molar-refractivity contribution < 1.29 is 13.0 Å². The molecule has 0 rings (SSSR count). The molecule has 3 nitrogen and oxygen atoms in total. The van der Waals surface area contributed by atoms with E-state index in [2.05, 4.69) is 13.8 Å². The average Bonchev–Trinajstić information content (AvgIpc) is 2.07. The molecule has 0 bridgehead atoms.